The maximum absolute atomic E-state index is 11.1. The summed E-state index contributed by atoms with van der Waals surface area (Å²) in [7, 11) is 0. The van der Waals surface area contributed by atoms with E-state index in [1.807, 2.05) is 27.7 Å². The Kier molecular flexibility index (Phi) is 4.70. The zero-order chi connectivity index (χ0) is 13.0. The molecule has 0 aliphatic carbocycles. The summed E-state index contributed by atoms with van der Waals surface area (Å²) in [5.41, 5.74) is 3.55. The fourth-order valence-corrected chi connectivity index (χ4v) is 1.82. The number of hydrogen-bond acceptors (Lipinski definition) is 2. The van der Waals surface area contributed by atoms with Crippen molar-refractivity contribution in [1.82, 2.24) is 5.32 Å². The van der Waals surface area contributed by atoms with Gasteiger partial charge in [0.1, 0.15) is 6.04 Å². The Labute approximate surface area is 103 Å². The summed E-state index contributed by atoms with van der Waals surface area (Å²) < 4.78 is 0. The Balaban J connectivity index is 2.72. The van der Waals surface area contributed by atoms with E-state index in [9.17, 15) is 4.79 Å². The van der Waals surface area contributed by atoms with Crippen LogP contribution in [-0.2, 0) is 11.3 Å². The van der Waals surface area contributed by atoms with Gasteiger partial charge in [-0.15, -0.1) is 0 Å². The van der Waals surface area contributed by atoms with Crippen LogP contribution >= 0.6 is 0 Å². The smallest absolute Gasteiger partial charge is 0.320 e. The predicted octanol–water partition coefficient (Wildman–Crippen LogP) is 2.50. The molecule has 0 amide bonds. The topological polar surface area (TPSA) is 49.3 Å². The van der Waals surface area contributed by atoms with Crippen LogP contribution in [0.5, 0.6) is 0 Å². The number of rotatable bonds is 5. The van der Waals surface area contributed by atoms with Crippen LogP contribution in [-0.4, -0.2) is 17.1 Å². The number of aliphatic carboxylic acids is 1. The van der Waals surface area contributed by atoms with Gasteiger partial charge < -0.3 is 10.4 Å². The Morgan fingerprint density at radius 2 is 2.00 bits per heavy atom. The van der Waals surface area contributed by atoms with E-state index in [0.29, 0.717) is 6.54 Å². The summed E-state index contributed by atoms with van der Waals surface area (Å²) in [6.07, 6.45) is 0. The van der Waals surface area contributed by atoms with Gasteiger partial charge in [0.05, 0.1) is 0 Å². The molecule has 0 aliphatic heterocycles. The lowest BCUT2D eigenvalue weighted by atomic mass is 10.0. The molecule has 0 aromatic heterocycles. The summed E-state index contributed by atoms with van der Waals surface area (Å²) in [6.45, 7) is 8.51. The van der Waals surface area contributed by atoms with Gasteiger partial charge in [0, 0.05) is 6.54 Å². The third-order valence-corrected chi connectivity index (χ3v) is 2.95. The molecule has 17 heavy (non-hydrogen) atoms. The van der Waals surface area contributed by atoms with Crippen LogP contribution in [0.4, 0.5) is 0 Å². The molecule has 94 valence electrons. The largest absolute Gasteiger partial charge is 0.480 e. The van der Waals surface area contributed by atoms with E-state index >= 15 is 0 Å². The number of benzene rings is 1. The molecule has 1 aromatic rings. The SMILES string of the molecule is Cc1ccc(C)c(CNC(C(=O)O)C(C)C)c1. The first kappa shape index (κ1) is 13.7. The first-order valence-electron chi connectivity index (χ1n) is 5.94. The van der Waals surface area contributed by atoms with Crippen LogP contribution in [0.25, 0.3) is 0 Å². The summed E-state index contributed by atoms with van der Waals surface area (Å²) >= 11 is 0. The highest BCUT2D eigenvalue weighted by Gasteiger charge is 2.20. The third kappa shape index (κ3) is 3.86. The summed E-state index contributed by atoms with van der Waals surface area (Å²) in [5.74, 6) is -0.706. The summed E-state index contributed by atoms with van der Waals surface area (Å²) in [4.78, 5) is 11.1. The van der Waals surface area contributed by atoms with Gasteiger partial charge in [-0.1, -0.05) is 37.6 Å². The molecule has 0 spiro atoms. The van der Waals surface area contributed by atoms with Crippen molar-refractivity contribution in [2.75, 3.05) is 0 Å². The molecule has 3 nitrogen and oxygen atoms in total. The molecule has 0 aliphatic rings. The Morgan fingerprint density at radius 3 is 2.53 bits per heavy atom. The number of carboxylic acid groups (broad SMARTS) is 1. The van der Waals surface area contributed by atoms with Crippen molar-refractivity contribution in [1.29, 1.82) is 0 Å². The van der Waals surface area contributed by atoms with E-state index in [4.69, 9.17) is 5.11 Å². The van der Waals surface area contributed by atoms with Crippen LogP contribution in [0, 0.1) is 19.8 Å². The van der Waals surface area contributed by atoms with Gasteiger partial charge >= 0.3 is 5.97 Å². The van der Waals surface area contributed by atoms with Gasteiger partial charge in [0.25, 0.3) is 0 Å². The van der Waals surface area contributed by atoms with Gasteiger partial charge in [-0.2, -0.15) is 0 Å². The van der Waals surface area contributed by atoms with Gasteiger partial charge in [-0.05, 0) is 30.9 Å². The number of carboxylic acids is 1. The van der Waals surface area contributed by atoms with Crippen LogP contribution in [0.15, 0.2) is 18.2 Å². The zero-order valence-corrected chi connectivity index (χ0v) is 10.9. The molecular formula is C14H21NO2. The highest BCUT2D eigenvalue weighted by molar-refractivity contribution is 5.73. The standard InChI is InChI=1S/C14H21NO2/c1-9(2)13(14(16)17)15-8-12-7-10(3)5-6-11(12)4/h5-7,9,13,15H,8H2,1-4H3,(H,16,17). The quantitative estimate of drug-likeness (QED) is 0.824. The maximum atomic E-state index is 11.1. The molecule has 1 unspecified atom stereocenters. The average molecular weight is 235 g/mol. The number of aryl methyl sites for hydroxylation is 2. The van der Waals surface area contributed by atoms with Crippen LogP contribution in [0.3, 0.4) is 0 Å². The van der Waals surface area contributed by atoms with Gasteiger partial charge in [-0.25, -0.2) is 0 Å². The molecule has 0 saturated carbocycles. The molecule has 0 saturated heterocycles. The van der Waals surface area contributed by atoms with Crippen molar-refractivity contribution in [2.24, 2.45) is 5.92 Å². The third-order valence-electron chi connectivity index (χ3n) is 2.95. The zero-order valence-electron chi connectivity index (χ0n) is 10.9. The van der Waals surface area contributed by atoms with Gasteiger partial charge in [0.2, 0.25) is 0 Å². The highest BCUT2D eigenvalue weighted by atomic mass is 16.4. The van der Waals surface area contributed by atoms with Gasteiger partial charge in [-0.3, -0.25) is 4.79 Å². The molecule has 0 heterocycles. The number of hydrogen-bond donors (Lipinski definition) is 2. The average Bonchev–Trinajstić information content (AvgIpc) is 2.22. The van der Waals surface area contributed by atoms with E-state index < -0.39 is 12.0 Å². The molecule has 1 atom stereocenters. The van der Waals surface area contributed by atoms with E-state index in [1.54, 1.807) is 0 Å². The summed E-state index contributed by atoms with van der Waals surface area (Å²) in [6, 6.07) is 5.74. The van der Waals surface area contributed by atoms with Crippen molar-refractivity contribution in [2.45, 2.75) is 40.3 Å². The number of nitrogens with one attached hydrogen (secondary N) is 1. The molecule has 0 radical (unpaired) electrons. The Hall–Kier alpha value is -1.35. The molecule has 0 bridgehead atoms. The van der Waals surface area contributed by atoms with E-state index in [-0.39, 0.29) is 5.92 Å². The second-order valence-electron chi connectivity index (χ2n) is 4.87. The number of carbonyl (C=O) groups is 1. The molecule has 3 heteroatoms. The maximum Gasteiger partial charge on any atom is 0.320 e. The monoisotopic (exact) mass is 235 g/mol. The minimum atomic E-state index is -0.787. The van der Waals surface area contributed by atoms with Crippen LogP contribution < -0.4 is 5.32 Å². The fraction of sp³-hybridized carbons (Fsp3) is 0.500. The lowest BCUT2D eigenvalue weighted by Crippen LogP contribution is -2.40. The molecule has 1 aromatic carbocycles. The predicted molar refractivity (Wildman–Crippen MR) is 69.0 cm³/mol. The van der Waals surface area contributed by atoms with Gasteiger partial charge in [0.15, 0.2) is 0 Å². The van der Waals surface area contributed by atoms with E-state index in [0.717, 1.165) is 5.56 Å². The second kappa shape index (κ2) is 5.82. The highest BCUT2D eigenvalue weighted by Crippen LogP contribution is 2.11. The summed E-state index contributed by atoms with van der Waals surface area (Å²) in [5, 5.41) is 12.2. The Bertz CT molecular complexity index is 399. The normalized spacial score (nSPS) is 12.8. The first-order chi connectivity index (χ1) is 7.91. The van der Waals surface area contributed by atoms with Crippen molar-refractivity contribution < 1.29 is 9.90 Å². The van der Waals surface area contributed by atoms with Crippen LogP contribution in [0.2, 0.25) is 0 Å². The van der Waals surface area contributed by atoms with Crippen molar-refractivity contribution in [3.05, 3.63) is 34.9 Å². The van der Waals surface area contributed by atoms with E-state index in [1.165, 1.54) is 11.1 Å². The lowest BCUT2D eigenvalue weighted by molar-refractivity contribution is -0.140. The minimum absolute atomic E-state index is 0.0811. The minimum Gasteiger partial charge on any atom is -0.480 e. The molecule has 2 N–H and O–H groups in total. The molecular weight excluding hydrogens is 214 g/mol. The second-order valence-corrected chi connectivity index (χ2v) is 4.87. The van der Waals surface area contributed by atoms with Crippen molar-refractivity contribution in [3.8, 4) is 0 Å². The lowest BCUT2D eigenvalue weighted by Gasteiger charge is -2.18. The van der Waals surface area contributed by atoms with Crippen LogP contribution in [0.1, 0.15) is 30.5 Å². The van der Waals surface area contributed by atoms with Crippen molar-refractivity contribution >= 4 is 5.97 Å². The Morgan fingerprint density at radius 1 is 1.35 bits per heavy atom. The van der Waals surface area contributed by atoms with E-state index in [2.05, 4.69) is 23.5 Å². The van der Waals surface area contributed by atoms with Crippen molar-refractivity contribution in [3.63, 3.8) is 0 Å². The first-order valence-corrected chi connectivity index (χ1v) is 5.94. The molecule has 0 fully saturated rings. The fourth-order valence-electron chi connectivity index (χ4n) is 1.82. The molecule has 1 rings (SSSR count).